The van der Waals surface area contributed by atoms with Gasteiger partial charge in [-0.1, -0.05) is 33.6 Å². The van der Waals surface area contributed by atoms with Crippen LogP contribution in [0, 0.1) is 0 Å². The van der Waals surface area contributed by atoms with Crippen LogP contribution in [-0.2, 0) is 21.9 Å². The summed E-state index contributed by atoms with van der Waals surface area (Å²) in [5, 5.41) is 2.83. The summed E-state index contributed by atoms with van der Waals surface area (Å²) >= 11 is 0. The van der Waals surface area contributed by atoms with Crippen LogP contribution in [-0.4, -0.2) is 58.1 Å². The van der Waals surface area contributed by atoms with E-state index < -0.39 is 21.4 Å². The molecule has 43 heavy (non-hydrogen) atoms. The molecule has 1 spiro atoms. The van der Waals surface area contributed by atoms with Crippen LogP contribution >= 0.6 is 0 Å². The molecule has 0 bridgehead atoms. The SMILES string of the molecule is CCS(=O)(=O)c1ccc(CNC(=O)N2C(=O)c3ccc(-c4c(OC)nc(C(C)C)nc4C4CC4)nc3C23CCCC3)nc1. The molecule has 3 aromatic heterocycles. The first-order valence-electron chi connectivity index (χ1n) is 14.9. The second kappa shape index (κ2) is 11.0. The maximum Gasteiger partial charge on any atom is 0.325 e. The summed E-state index contributed by atoms with van der Waals surface area (Å²) in [5.74, 6) is 1.24. The Morgan fingerprint density at radius 1 is 1.12 bits per heavy atom. The zero-order valence-corrected chi connectivity index (χ0v) is 25.7. The van der Waals surface area contributed by atoms with Crippen molar-refractivity contribution in [1.29, 1.82) is 0 Å². The average molecular weight is 605 g/mol. The van der Waals surface area contributed by atoms with Crippen LogP contribution in [0.3, 0.4) is 0 Å². The Bertz CT molecular complexity index is 1700. The van der Waals surface area contributed by atoms with Gasteiger partial charge >= 0.3 is 6.03 Å². The van der Waals surface area contributed by atoms with Crippen LogP contribution in [0.5, 0.6) is 5.88 Å². The third-order valence-electron chi connectivity index (χ3n) is 8.64. The van der Waals surface area contributed by atoms with Crippen molar-refractivity contribution in [2.24, 2.45) is 0 Å². The third-order valence-corrected chi connectivity index (χ3v) is 10.4. The molecule has 4 heterocycles. The predicted molar refractivity (Wildman–Crippen MR) is 158 cm³/mol. The molecule has 3 amide bonds. The number of aromatic nitrogens is 4. The zero-order valence-electron chi connectivity index (χ0n) is 24.9. The fourth-order valence-electron chi connectivity index (χ4n) is 6.14. The van der Waals surface area contributed by atoms with E-state index in [-0.39, 0.29) is 29.0 Å². The van der Waals surface area contributed by atoms with Crippen molar-refractivity contribution in [1.82, 2.24) is 30.2 Å². The summed E-state index contributed by atoms with van der Waals surface area (Å²) < 4.78 is 30.0. The molecule has 226 valence electrons. The van der Waals surface area contributed by atoms with Crippen molar-refractivity contribution in [2.45, 2.75) is 88.1 Å². The Kier molecular flexibility index (Phi) is 7.44. The van der Waals surface area contributed by atoms with Crippen molar-refractivity contribution in [3.05, 3.63) is 58.9 Å². The van der Waals surface area contributed by atoms with Gasteiger partial charge < -0.3 is 10.1 Å². The highest BCUT2D eigenvalue weighted by atomic mass is 32.2. The second-order valence-corrected chi connectivity index (χ2v) is 14.1. The zero-order chi connectivity index (χ0) is 30.5. The monoisotopic (exact) mass is 604 g/mol. The lowest BCUT2D eigenvalue weighted by Gasteiger charge is -2.33. The molecule has 2 aliphatic carbocycles. The number of sulfone groups is 1. The number of pyridine rings is 2. The van der Waals surface area contributed by atoms with Crippen LogP contribution in [0.1, 0.15) is 104 Å². The number of amides is 3. The lowest BCUT2D eigenvalue weighted by Crippen LogP contribution is -2.50. The Morgan fingerprint density at radius 3 is 2.47 bits per heavy atom. The van der Waals surface area contributed by atoms with Gasteiger partial charge in [0, 0.05) is 18.0 Å². The summed E-state index contributed by atoms with van der Waals surface area (Å²) in [4.78, 5) is 47.8. The molecular formula is C31H36N6O5S. The summed E-state index contributed by atoms with van der Waals surface area (Å²) in [6.45, 7) is 5.72. The number of rotatable bonds is 8. The molecule has 2 saturated carbocycles. The summed E-state index contributed by atoms with van der Waals surface area (Å²) in [6, 6.07) is 6.09. The maximum atomic E-state index is 13.8. The Hall–Kier alpha value is -3.93. The smallest absolute Gasteiger partial charge is 0.325 e. The molecule has 11 nitrogen and oxygen atoms in total. The van der Waals surface area contributed by atoms with E-state index in [1.807, 2.05) is 0 Å². The lowest BCUT2D eigenvalue weighted by molar-refractivity contribution is 0.0654. The Morgan fingerprint density at radius 2 is 1.86 bits per heavy atom. The van der Waals surface area contributed by atoms with Gasteiger partial charge in [0.05, 0.1) is 63.7 Å². The number of fused-ring (bicyclic) bond motifs is 2. The number of nitrogens with zero attached hydrogens (tertiary/aromatic N) is 5. The molecule has 0 radical (unpaired) electrons. The van der Waals surface area contributed by atoms with Crippen LogP contribution < -0.4 is 10.1 Å². The average Bonchev–Trinajstić information content (AvgIpc) is 3.70. The highest BCUT2D eigenvalue weighted by molar-refractivity contribution is 7.91. The summed E-state index contributed by atoms with van der Waals surface area (Å²) in [7, 11) is -1.78. The maximum absolute atomic E-state index is 13.8. The first kappa shape index (κ1) is 29.2. The predicted octanol–water partition coefficient (Wildman–Crippen LogP) is 4.87. The van der Waals surface area contributed by atoms with Crippen molar-refractivity contribution in [3.8, 4) is 17.1 Å². The number of hydrogen-bond donors (Lipinski definition) is 1. The molecule has 0 aromatic carbocycles. The minimum Gasteiger partial charge on any atom is -0.480 e. The number of carbonyl (C=O) groups excluding carboxylic acids is 2. The minimum absolute atomic E-state index is 0.0226. The van der Waals surface area contributed by atoms with Crippen molar-refractivity contribution >= 4 is 21.8 Å². The van der Waals surface area contributed by atoms with E-state index in [0.717, 1.165) is 42.8 Å². The molecule has 3 aliphatic rings. The van der Waals surface area contributed by atoms with Gasteiger partial charge in [0.1, 0.15) is 5.82 Å². The molecule has 0 unspecified atom stereocenters. The van der Waals surface area contributed by atoms with Gasteiger partial charge in [0.25, 0.3) is 5.91 Å². The number of methoxy groups -OCH3 is 1. The normalized spacial score (nSPS) is 17.5. The molecule has 2 fully saturated rings. The van der Waals surface area contributed by atoms with E-state index in [9.17, 15) is 18.0 Å². The number of urea groups is 1. The van der Waals surface area contributed by atoms with E-state index in [0.29, 0.717) is 47.3 Å². The summed E-state index contributed by atoms with van der Waals surface area (Å²) in [5.41, 5.74) is 2.96. The van der Waals surface area contributed by atoms with Crippen LogP contribution in [0.15, 0.2) is 35.4 Å². The van der Waals surface area contributed by atoms with Gasteiger partial charge in [-0.15, -0.1) is 0 Å². The quantitative estimate of drug-likeness (QED) is 0.381. The standard InChI is InChI=1S/C31H36N6O5S/c1-5-43(40,41)21-11-10-20(32-17-21)16-33-30(39)37-29(38)22-12-13-23(34-26(22)31(37)14-6-7-15-31)24-25(19-8-9-19)35-27(18(2)3)36-28(24)42-4/h10-13,17-19H,5-9,14-16H2,1-4H3,(H,33,39). The largest absolute Gasteiger partial charge is 0.480 e. The number of hydrogen-bond acceptors (Lipinski definition) is 9. The molecule has 6 rings (SSSR count). The van der Waals surface area contributed by atoms with Crippen molar-refractivity contribution in [3.63, 3.8) is 0 Å². The van der Waals surface area contributed by atoms with Crippen LogP contribution in [0.4, 0.5) is 4.79 Å². The highest BCUT2D eigenvalue weighted by Crippen LogP contribution is 2.51. The number of nitrogens with one attached hydrogen (secondary N) is 1. The molecule has 1 aliphatic heterocycles. The fourth-order valence-corrected chi connectivity index (χ4v) is 6.96. The van der Waals surface area contributed by atoms with Gasteiger partial charge in [-0.3, -0.25) is 9.78 Å². The number of ether oxygens (including phenoxy) is 1. The van der Waals surface area contributed by atoms with Gasteiger partial charge in [-0.25, -0.2) is 28.1 Å². The third kappa shape index (κ3) is 5.05. The van der Waals surface area contributed by atoms with Gasteiger partial charge in [0.2, 0.25) is 5.88 Å². The lowest BCUT2D eigenvalue weighted by atomic mass is 9.92. The molecule has 0 atom stereocenters. The van der Waals surface area contributed by atoms with Gasteiger partial charge in [0.15, 0.2) is 9.84 Å². The molecular weight excluding hydrogens is 568 g/mol. The van der Waals surface area contributed by atoms with E-state index in [1.165, 1.54) is 17.2 Å². The van der Waals surface area contributed by atoms with E-state index >= 15 is 0 Å². The topological polar surface area (TPSA) is 144 Å². The van der Waals surface area contributed by atoms with E-state index in [2.05, 4.69) is 24.1 Å². The fraction of sp³-hybridized carbons (Fsp3) is 0.484. The van der Waals surface area contributed by atoms with Crippen LogP contribution in [0.2, 0.25) is 0 Å². The van der Waals surface area contributed by atoms with E-state index in [1.54, 1.807) is 32.2 Å². The first-order chi connectivity index (χ1) is 20.6. The Balaban J connectivity index is 1.32. The highest BCUT2D eigenvalue weighted by Gasteiger charge is 2.55. The molecule has 12 heteroatoms. The van der Waals surface area contributed by atoms with E-state index in [4.69, 9.17) is 19.7 Å². The second-order valence-electron chi connectivity index (χ2n) is 11.8. The molecule has 0 saturated heterocycles. The Labute approximate surface area is 251 Å². The summed E-state index contributed by atoms with van der Waals surface area (Å²) in [6.07, 6.45) is 6.33. The molecule has 3 aromatic rings. The van der Waals surface area contributed by atoms with Crippen molar-refractivity contribution < 1.29 is 22.7 Å². The minimum atomic E-state index is -3.38. The first-order valence-corrected chi connectivity index (χ1v) is 16.5. The molecule has 1 N–H and O–H groups in total. The van der Waals surface area contributed by atoms with Crippen molar-refractivity contribution in [2.75, 3.05) is 12.9 Å². The van der Waals surface area contributed by atoms with Gasteiger partial charge in [-0.05, 0) is 49.9 Å². The number of imide groups is 1. The van der Waals surface area contributed by atoms with Gasteiger partial charge in [-0.2, -0.15) is 4.98 Å². The van der Waals surface area contributed by atoms with Crippen LogP contribution in [0.25, 0.3) is 11.3 Å². The number of carbonyl (C=O) groups is 2.